The van der Waals surface area contributed by atoms with Gasteiger partial charge in [-0.25, -0.2) is 0 Å². The summed E-state index contributed by atoms with van der Waals surface area (Å²) < 4.78 is 11.4. The second kappa shape index (κ2) is 10.0. The Kier molecular flexibility index (Phi) is 7.71. The first kappa shape index (κ1) is 20.0. The first-order chi connectivity index (χ1) is 12.6. The van der Waals surface area contributed by atoms with Crippen molar-refractivity contribution >= 4 is 11.9 Å². The van der Waals surface area contributed by atoms with Gasteiger partial charge in [0, 0.05) is 6.21 Å². The average Bonchev–Trinajstić information content (AvgIpc) is 2.66. The zero-order valence-corrected chi connectivity index (χ0v) is 16.7. The fourth-order valence-electron chi connectivity index (χ4n) is 2.81. The molecule has 0 spiro atoms. The van der Waals surface area contributed by atoms with E-state index in [2.05, 4.69) is 45.9 Å². The molecule has 0 bridgehead atoms. The lowest BCUT2D eigenvalue weighted by Gasteiger charge is -2.12. The molecule has 0 saturated heterocycles. The molecule has 140 valence electrons. The van der Waals surface area contributed by atoms with Gasteiger partial charge in [-0.15, -0.1) is 0 Å². The molecule has 0 saturated carbocycles. The molecule has 2 aromatic carbocycles. The van der Waals surface area contributed by atoms with Crippen molar-refractivity contribution in [2.24, 2.45) is 10.9 Å². The molecule has 2 aromatic rings. The molecule has 0 amide bonds. The van der Waals surface area contributed by atoms with Gasteiger partial charge in [-0.3, -0.25) is 4.99 Å². The molecule has 0 unspecified atom stereocenters. The van der Waals surface area contributed by atoms with Gasteiger partial charge >= 0.3 is 0 Å². The van der Waals surface area contributed by atoms with Crippen LogP contribution in [0, 0.1) is 5.92 Å². The third kappa shape index (κ3) is 5.35. The molecular formula is C23H31NO2. The predicted octanol–water partition coefficient (Wildman–Crippen LogP) is 6.00. The van der Waals surface area contributed by atoms with E-state index in [1.54, 1.807) is 7.11 Å². The second-order valence-electron chi connectivity index (χ2n) is 6.83. The largest absolute Gasteiger partial charge is 0.493 e. The maximum Gasteiger partial charge on any atom is 0.161 e. The topological polar surface area (TPSA) is 30.8 Å². The van der Waals surface area contributed by atoms with Crippen LogP contribution >= 0.6 is 0 Å². The number of nitrogens with zero attached hydrogens (tertiary/aromatic N) is 1. The molecule has 0 atom stereocenters. The zero-order chi connectivity index (χ0) is 18.9. The highest BCUT2D eigenvalue weighted by atomic mass is 16.5. The number of benzene rings is 2. The van der Waals surface area contributed by atoms with Crippen molar-refractivity contribution in [3.8, 4) is 11.5 Å². The van der Waals surface area contributed by atoms with Crippen LogP contribution in [-0.4, -0.2) is 19.9 Å². The van der Waals surface area contributed by atoms with Gasteiger partial charge in [-0.1, -0.05) is 45.9 Å². The minimum Gasteiger partial charge on any atom is -0.493 e. The molecular weight excluding hydrogens is 322 g/mol. The minimum atomic E-state index is 0.624. The Hall–Kier alpha value is -2.29. The fourth-order valence-corrected chi connectivity index (χ4v) is 2.81. The normalized spacial score (nSPS) is 11.3. The molecule has 0 aliphatic rings. The van der Waals surface area contributed by atoms with Gasteiger partial charge in [0.25, 0.3) is 0 Å². The summed E-state index contributed by atoms with van der Waals surface area (Å²) in [6.45, 7) is 9.42. The number of hydrogen-bond donors (Lipinski definition) is 0. The van der Waals surface area contributed by atoms with Crippen LogP contribution in [0.3, 0.4) is 0 Å². The first-order valence-electron chi connectivity index (χ1n) is 9.54. The summed E-state index contributed by atoms with van der Waals surface area (Å²) in [5.41, 5.74) is 4.65. The van der Waals surface area contributed by atoms with Crippen LogP contribution < -0.4 is 9.47 Å². The van der Waals surface area contributed by atoms with E-state index in [4.69, 9.17) is 14.5 Å². The smallest absolute Gasteiger partial charge is 0.161 e. The molecule has 26 heavy (non-hydrogen) atoms. The minimum absolute atomic E-state index is 0.624. The highest BCUT2D eigenvalue weighted by Crippen LogP contribution is 2.29. The van der Waals surface area contributed by atoms with E-state index in [9.17, 15) is 0 Å². The van der Waals surface area contributed by atoms with Crippen molar-refractivity contribution in [3.05, 3.63) is 53.1 Å². The van der Waals surface area contributed by atoms with Crippen molar-refractivity contribution in [3.63, 3.8) is 0 Å². The molecule has 0 radical (unpaired) electrons. The molecule has 0 heterocycles. The number of hydrogen-bond acceptors (Lipinski definition) is 3. The SMILES string of the molecule is CCc1cccc(CC)c1N=Cc1ccc(OCCC(C)C)c(OC)c1. The Bertz CT molecular complexity index is 713. The molecule has 0 aliphatic heterocycles. The number of rotatable bonds is 9. The molecule has 0 fully saturated rings. The van der Waals surface area contributed by atoms with Crippen LogP contribution in [0.2, 0.25) is 0 Å². The number of para-hydroxylation sites is 1. The molecule has 0 aromatic heterocycles. The lowest BCUT2D eigenvalue weighted by atomic mass is 10.0. The molecule has 2 rings (SSSR count). The van der Waals surface area contributed by atoms with Gasteiger partial charge in [-0.2, -0.15) is 0 Å². The van der Waals surface area contributed by atoms with E-state index in [0.717, 1.165) is 42.0 Å². The van der Waals surface area contributed by atoms with Gasteiger partial charge in [0.05, 0.1) is 19.4 Å². The second-order valence-corrected chi connectivity index (χ2v) is 6.83. The van der Waals surface area contributed by atoms with Crippen molar-refractivity contribution in [1.29, 1.82) is 0 Å². The van der Waals surface area contributed by atoms with Gasteiger partial charge in [0.2, 0.25) is 0 Å². The lowest BCUT2D eigenvalue weighted by molar-refractivity contribution is 0.273. The van der Waals surface area contributed by atoms with Crippen molar-refractivity contribution in [2.75, 3.05) is 13.7 Å². The fraction of sp³-hybridized carbons (Fsp3) is 0.435. The summed E-state index contributed by atoms with van der Waals surface area (Å²) in [4.78, 5) is 4.79. The molecule has 0 aliphatic carbocycles. The van der Waals surface area contributed by atoms with Crippen LogP contribution in [0.15, 0.2) is 41.4 Å². The van der Waals surface area contributed by atoms with Crippen LogP contribution in [0.5, 0.6) is 11.5 Å². The number of aliphatic imine (C=N–C) groups is 1. The summed E-state index contributed by atoms with van der Waals surface area (Å²) >= 11 is 0. The third-order valence-electron chi connectivity index (χ3n) is 4.45. The Morgan fingerprint density at radius 2 is 1.69 bits per heavy atom. The Balaban J connectivity index is 2.21. The Morgan fingerprint density at radius 3 is 2.27 bits per heavy atom. The Labute approximate surface area is 158 Å². The van der Waals surface area contributed by atoms with E-state index in [1.807, 2.05) is 24.4 Å². The summed E-state index contributed by atoms with van der Waals surface area (Å²) in [6.07, 6.45) is 4.90. The van der Waals surface area contributed by atoms with E-state index >= 15 is 0 Å². The molecule has 3 heteroatoms. The van der Waals surface area contributed by atoms with E-state index in [-0.39, 0.29) is 0 Å². The summed E-state index contributed by atoms with van der Waals surface area (Å²) in [5, 5.41) is 0. The summed E-state index contributed by atoms with van der Waals surface area (Å²) in [5.74, 6) is 2.16. The maximum atomic E-state index is 5.86. The van der Waals surface area contributed by atoms with Crippen molar-refractivity contribution < 1.29 is 9.47 Å². The van der Waals surface area contributed by atoms with Gasteiger partial charge in [-0.05, 0) is 60.1 Å². The molecule has 3 nitrogen and oxygen atoms in total. The summed E-state index contributed by atoms with van der Waals surface area (Å²) in [6, 6.07) is 12.4. The highest BCUT2D eigenvalue weighted by Gasteiger charge is 2.07. The number of aryl methyl sites for hydroxylation is 2. The van der Waals surface area contributed by atoms with Crippen molar-refractivity contribution in [1.82, 2.24) is 0 Å². The van der Waals surface area contributed by atoms with E-state index < -0.39 is 0 Å². The summed E-state index contributed by atoms with van der Waals surface area (Å²) in [7, 11) is 1.67. The van der Waals surface area contributed by atoms with Gasteiger partial charge in [0.15, 0.2) is 11.5 Å². The monoisotopic (exact) mass is 353 g/mol. The molecule has 0 N–H and O–H groups in total. The highest BCUT2D eigenvalue weighted by molar-refractivity contribution is 5.84. The van der Waals surface area contributed by atoms with E-state index in [1.165, 1.54) is 11.1 Å². The van der Waals surface area contributed by atoms with Crippen LogP contribution in [-0.2, 0) is 12.8 Å². The standard InChI is InChI=1S/C23H31NO2/c1-6-19-9-8-10-20(7-2)23(19)24-16-18-11-12-21(22(15-18)25-5)26-14-13-17(3)4/h8-12,15-17H,6-7,13-14H2,1-5H3. The van der Waals surface area contributed by atoms with Crippen LogP contribution in [0.4, 0.5) is 5.69 Å². The van der Waals surface area contributed by atoms with Gasteiger partial charge < -0.3 is 9.47 Å². The Morgan fingerprint density at radius 1 is 1.00 bits per heavy atom. The number of ether oxygens (including phenoxy) is 2. The maximum absolute atomic E-state index is 5.86. The quantitative estimate of drug-likeness (QED) is 0.518. The van der Waals surface area contributed by atoms with Gasteiger partial charge in [0.1, 0.15) is 0 Å². The zero-order valence-electron chi connectivity index (χ0n) is 16.7. The van der Waals surface area contributed by atoms with Crippen LogP contribution in [0.25, 0.3) is 0 Å². The van der Waals surface area contributed by atoms with Crippen LogP contribution in [0.1, 0.15) is 50.8 Å². The predicted molar refractivity (Wildman–Crippen MR) is 110 cm³/mol. The first-order valence-corrected chi connectivity index (χ1v) is 9.54. The lowest BCUT2D eigenvalue weighted by Crippen LogP contribution is -2.03. The third-order valence-corrected chi connectivity index (χ3v) is 4.45. The van der Waals surface area contributed by atoms with E-state index in [0.29, 0.717) is 12.5 Å². The average molecular weight is 354 g/mol. The van der Waals surface area contributed by atoms with Crippen molar-refractivity contribution in [2.45, 2.75) is 47.0 Å². The number of methoxy groups -OCH3 is 1.